The number of amides is 1. The van der Waals surface area contributed by atoms with Gasteiger partial charge >= 0.3 is 5.88 Å². The van der Waals surface area contributed by atoms with E-state index in [1.807, 2.05) is 31.1 Å². The molecule has 0 aliphatic rings. The van der Waals surface area contributed by atoms with E-state index >= 15 is 0 Å². The zero-order chi connectivity index (χ0) is 18.8. The molecule has 0 N–H and O–H groups in total. The summed E-state index contributed by atoms with van der Waals surface area (Å²) in [5.41, 5.74) is 0.613. The number of benzene rings is 1. The Balaban J connectivity index is 1.98. The fourth-order valence-corrected chi connectivity index (χ4v) is 3.57. The highest BCUT2D eigenvalue weighted by molar-refractivity contribution is 7.22. The number of nitro groups is 1. The van der Waals surface area contributed by atoms with Crippen LogP contribution in [0.4, 0.5) is 11.0 Å². The summed E-state index contributed by atoms with van der Waals surface area (Å²) in [5.74, 6) is -1.08. The lowest BCUT2D eigenvalue weighted by Gasteiger charge is -2.20. The van der Waals surface area contributed by atoms with Crippen LogP contribution >= 0.6 is 22.9 Å². The van der Waals surface area contributed by atoms with E-state index in [9.17, 15) is 14.9 Å². The Morgan fingerprint density at radius 3 is 2.69 bits per heavy atom. The average Bonchev–Trinajstić information content (AvgIpc) is 3.22. The molecular formula is C16H15ClN4O4S. The van der Waals surface area contributed by atoms with Gasteiger partial charge in [-0.15, -0.1) is 0 Å². The van der Waals surface area contributed by atoms with Gasteiger partial charge in [0.2, 0.25) is 0 Å². The Kier molecular flexibility index (Phi) is 5.21. The van der Waals surface area contributed by atoms with Crippen LogP contribution in [0.3, 0.4) is 0 Å². The van der Waals surface area contributed by atoms with E-state index in [0.29, 0.717) is 28.8 Å². The molecule has 10 heteroatoms. The molecule has 26 heavy (non-hydrogen) atoms. The molecule has 0 aliphatic heterocycles. The first kappa shape index (κ1) is 18.3. The van der Waals surface area contributed by atoms with Crippen molar-refractivity contribution >= 4 is 50.1 Å². The van der Waals surface area contributed by atoms with Crippen LogP contribution < -0.4 is 4.90 Å². The molecule has 0 spiro atoms. The number of carbonyl (C=O) groups is 1. The molecule has 2 aromatic heterocycles. The predicted molar refractivity (Wildman–Crippen MR) is 100 cm³/mol. The highest BCUT2D eigenvalue weighted by Crippen LogP contribution is 2.33. The van der Waals surface area contributed by atoms with Gasteiger partial charge in [0, 0.05) is 13.1 Å². The molecule has 0 radical (unpaired) electrons. The number of fused-ring (bicyclic) bond motifs is 1. The van der Waals surface area contributed by atoms with Crippen LogP contribution in [0, 0.1) is 10.1 Å². The van der Waals surface area contributed by atoms with Crippen LogP contribution in [-0.4, -0.2) is 47.9 Å². The van der Waals surface area contributed by atoms with Gasteiger partial charge < -0.3 is 9.32 Å². The van der Waals surface area contributed by atoms with Gasteiger partial charge in [0.15, 0.2) is 10.9 Å². The SMILES string of the molecule is CN(C)CCN(C(=O)c1ccc([N+](=O)[O-])o1)c1nc2c(Cl)cccc2s1. The van der Waals surface area contributed by atoms with Crippen LogP contribution in [0.5, 0.6) is 0 Å². The number of thiazole rings is 1. The Morgan fingerprint density at radius 2 is 2.08 bits per heavy atom. The minimum absolute atomic E-state index is 0.110. The number of para-hydroxylation sites is 1. The number of carbonyl (C=O) groups excluding carboxylic acids is 1. The van der Waals surface area contributed by atoms with Crippen molar-refractivity contribution in [3.8, 4) is 0 Å². The normalized spacial score (nSPS) is 11.2. The van der Waals surface area contributed by atoms with Crippen molar-refractivity contribution in [3.63, 3.8) is 0 Å². The van der Waals surface area contributed by atoms with E-state index in [1.54, 1.807) is 6.07 Å². The molecule has 0 bridgehead atoms. The van der Waals surface area contributed by atoms with E-state index in [4.69, 9.17) is 16.0 Å². The quantitative estimate of drug-likeness (QED) is 0.468. The predicted octanol–water partition coefficient (Wildman–Crippen LogP) is 3.66. The summed E-state index contributed by atoms with van der Waals surface area (Å²) in [6.07, 6.45) is 0. The van der Waals surface area contributed by atoms with E-state index < -0.39 is 16.7 Å². The summed E-state index contributed by atoms with van der Waals surface area (Å²) in [6, 6.07) is 7.87. The summed E-state index contributed by atoms with van der Waals surface area (Å²) >= 11 is 7.50. The number of nitrogens with zero attached hydrogens (tertiary/aromatic N) is 4. The van der Waals surface area contributed by atoms with E-state index in [2.05, 4.69) is 4.98 Å². The Bertz CT molecular complexity index is 968. The molecule has 1 amide bonds. The largest absolute Gasteiger partial charge is 0.433 e. The second-order valence-corrected chi connectivity index (χ2v) is 7.15. The van der Waals surface area contributed by atoms with Gasteiger partial charge in [-0.3, -0.25) is 19.8 Å². The van der Waals surface area contributed by atoms with Crippen LogP contribution in [-0.2, 0) is 0 Å². The molecule has 3 rings (SSSR count). The van der Waals surface area contributed by atoms with Crippen molar-refractivity contribution in [2.45, 2.75) is 0 Å². The Hall–Kier alpha value is -2.49. The monoisotopic (exact) mass is 394 g/mol. The zero-order valence-electron chi connectivity index (χ0n) is 14.0. The molecular weight excluding hydrogens is 380 g/mol. The molecule has 0 aliphatic carbocycles. The van der Waals surface area contributed by atoms with E-state index in [0.717, 1.165) is 10.8 Å². The number of hydrogen-bond acceptors (Lipinski definition) is 7. The summed E-state index contributed by atoms with van der Waals surface area (Å²) in [5, 5.41) is 11.8. The number of hydrogen-bond donors (Lipinski definition) is 0. The fourth-order valence-electron chi connectivity index (χ4n) is 2.28. The maximum atomic E-state index is 12.9. The molecule has 0 atom stereocenters. The number of likely N-dealkylation sites (N-methyl/N-ethyl adjacent to an activating group) is 1. The topological polar surface area (TPSA) is 92.7 Å². The lowest BCUT2D eigenvalue weighted by Crippen LogP contribution is -2.36. The molecule has 1 aromatic carbocycles. The van der Waals surface area contributed by atoms with Gasteiger partial charge in [0.25, 0.3) is 5.91 Å². The zero-order valence-corrected chi connectivity index (χ0v) is 15.6. The molecule has 2 heterocycles. The van der Waals surface area contributed by atoms with Crippen molar-refractivity contribution in [2.75, 3.05) is 32.1 Å². The lowest BCUT2D eigenvalue weighted by atomic mass is 10.3. The minimum atomic E-state index is -0.682. The van der Waals surface area contributed by atoms with Crippen LogP contribution in [0.2, 0.25) is 5.02 Å². The highest BCUT2D eigenvalue weighted by atomic mass is 35.5. The first-order valence-corrected chi connectivity index (χ1v) is 8.82. The van der Waals surface area contributed by atoms with Gasteiger partial charge in [-0.25, -0.2) is 4.98 Å². The molecule has 0 unspecified atom stereocenters. The smallest absolute Gasteiger partial charge is 0.395 e. The summed E-state index contributed by atoms with van der Waals surface area (Å²) < 4.78 is 5.91. The van der Waals surface area contributed by atoms with Gasteiger partial charge in [0.05, 0.1) is 15.8 Å². The number of aromatic nitrogens is 1. The summed E-state index contributed by atoms with van der Waals surface area (Å²) in [4.78, 5) is 30.8. The van der Waals surface area contributed by atoms with Crippen molar-refractivity contribution in [3.05, 3.63) is 51.2 Å². The minimum Gasteiger partial charge on any atom is -0.395 e. The third kappa shape index (κ3) is 3.69. The van der Waals surface area contributed by atoms with Crippen LogP contribution in [0.15, 0.2) is 34.7 Å². The third-order valence-electron chi connectivity index (χ3n) is 3.59. The van der Waals surface area contributed by atoms with Crippen molar-refractivity contribution in [2.24, 2.45) is 0 Å². The second-order valence-electron chi connectivity index (χ2n) is 5.74. The van der Waals surface area contributed by atoms with Crippen molar-refractivity contribution < 1.29 is 14.1 Å². The molecule has 3 aromatic rings. The summed E-state index contributed by atoms with van der Waals surface area (Å²) in [7, 11) is 3.77. The molecule has 8 nitrogen and oxygen atoms in total. The lowest BCUT2D eigenvalue weighted by molar-refractivity contribution is -0.402. The number of anilines is 1. The van der Waals surface area contributed by atoms with Crippen molar-refractivity contribution in [1.82, 2.24) is 9.88 Å². The van der Waals surface area contributed by atoms with Gasteiger partial charge in [0.1, 0.15) is 10.4 Å². The van der Waals surface area contributed by atoms with Crippen molar-refractivity contribution in [1.29, 1.82) is 0 Å². The first-order chi connectivity index (χ1) is 12.4. The first-order valence-electron chi connectivity index (χ1n) is 7.62. The molecule has 0 saturated heterocycles. The highest BCUT2D eigenvalue weighted by Gasteiger charge is 2.26. The third-order valence-corrected chi connectivity index (χ3v) is 4.94. The van der Waals surface area contributed by atoms with Crippen LogP contribution in [0.1, 0.15) is 10.6 Å². The maximum absolute atomic E-state index is 12.9. The number of rotatable bonds is 6. The molecule has 136 valence electrons. The van der Waals surface area contributed by atoms with E-state index in [-0.39, 0.29) is 5.76 Å². The maximum Gasteiger partial charge on any atom is 0.433 e. The average molecular weight is 395 g/mol. The van der Waals surface area contributed by atoms with Gasteiger partial charge in [-0.2, -0.15) is 0 Å². The molecule has 0 saturated carbocycles. The standard InChI is InChI=1S/C16H15ClN4O4S/c1-19(2)8-9-20(15(22)11-6-7-13(25-11)21(23)24)16-18-14-10(17)4-3-5-12(14)26-16/h3-7H,8-9H2,1-2H3. The van der Waals surface area contributed by atoms with Crippen LogP contribution in [0.25, 0.3) is 10.2 Å². The fraction of sp³-hybridized carbons (Fsp3) is 0.250. The van der Waals surface area contributed by atoms with Gasteiger partial charge in [-0.1, -0.05) is 29.0 Å². The van der Waals surface area contributed by atoms with Gasteiger partial charge in [-0.05, 0) is 32.3 Å². The number of halogens is 1. The number of furan rings is 1. The summed E-state index contributed by atoms with van der Waals surface area (Å²) in [6.45, 7) is 0.927. The Morgan fingerprint density at radius 1 is 1.31 bits per heavy atom. The Labute approximate surface area is 157 Å². The second kappa shape index (κ2) is 7.40. The van der Waals surface area contributed by atoms with E-state index in [1.165, 1.54) is 22.3 Å². The molecule has 0 fully saturated rings.